The van der Waals surface area contributed by atoms with Gasteiger partial charge in [0.1, 0.15) is 0 Å². The minimum absolute atomic E-state index is 0.0506. The Morgan fingerprint density at radius 1 is 0.931 bits per heavy atom. The molecule has 0 radical (unpaired) electrons. The zero-order valence-corrected chi connectivity index (χ0v) is 17.6. The van der Waals surface area contributed by atoms with E-state index in [1.807, 2.05) is 44.2 Å². The summed E-state index contributed by atoms with van der Waals surface area (Å²) in [5.41, 5.74) is 8.58. The van der Waals surface area contributed by atoms with Crippen molar-refractivity contribution >= 4 is 40.9 Å². The summed E-state index contributed by atoms with van der Waals surface area (Å²) in [6.07, 6.45) is 0. The van der Waals surface area contributed by atoms with Crippen LogP contribution in [0, 0.1) is 13.8 Å². The Kier molecular flexibility index (Phi) is 8.23. The van der Waals surface area contributed by atoms with Crippen LogP contribution in [0.15, 0.2) is 47.4 Å². The second-order valence-electron chi connectivity index (χ2n) is 6.79. The number of nitrogens with two attached hydrogens (primary N) is 1. The third kappa shape index (κ3) is 7.24. The van der Waals surface area contributed by atoms with E-state index in [1.165, 1.54) is 11.8 Å². The fourth-order valence-corrected chi connectivity index (χ4v) is 3.52. The van der Waals surface area contributed by atoms with Gasteiger partial charge in [0.15, 0.2) is 0 Å². The van der Waals surface area contributed by atoms with Gasteiger partial charge < -0.3 is 16.4 Å². The number of nitrogens with one attached hydrogen (secondary N) is 2. The SMILES string of the molecule is Cc1cccc(C)c1NC(=O)CN(C)CC(=O)Nc1ccccc1SCC(N)=O. The molecule has 0 unspecified atom stereocenters. The average molecular weight is 415 g/mol. The molecule has 2 aromatic carbocycles. The first-order valence-corrected chi connectivity index (χ1v) is 10.1. The fourth-order valence-electron chi connectivity index (χ4n) is 2.77. The molecule has 29 heavy (non-hydrogen) atoms. The van der Waals surface area contributed by atoms with Gasteiger partial charge in [0.05, 0.1) is 24.5 Å². The van der Waals surface area contributed by atoms with Crippen molar-refractivity contribution < 1.29 is 14.4 Å². The van der Waals surface area contributed by atoms with Crippen molar-refractivity contribution in [1.29, 1.82) is 0 Å². The molecule has 3 amide bonds. The van der Waals surface area contributed by atoms with Gasteiger partial charge in [-0.25, -0.2) is 0 Å². The Balaban J connectivity index is 1.89. The number of benzene rings is 2. The van der Waals surface area contributed by atoms with Crippen LogP contribution in [0.1, 0.15) is 11.1 Å². The van der Waals surface area contributed by atoms with Crippen molar-refractivity contribution in [2.24, 2.45) is 5.73 Å². The highest BCUT2D eigenvalue weighted by atomic mass is 32.2. The van der Waals surface area contributed by atoms with E-state index in [1.54, 1.807) is 24.1 Å². The predicted molar refractivity (Wildman–Crippen MR) is 117 cm³/mol. The quantitative estimate of drug-likeness (QED) is 0.547. The van der Waals surface area contributed by atoms with Crippen molar-refractivity contribution in [2.45, 2.75) is 18.7 Å². The number of thioether (sulfide) groups is 1. The molecular weight excluding hydrogens is 388 g/mol. The lowest BCUT2D eigenvalue weighted by atomic mass is 10.1. The van der Waals surface area contributed by atoms with Crippen LogP contribution in [0.25, 0.3) is 0 Å². The van der Waals surface area contributed by atoms with Gasteiger partial charge in [0.2, 0.25) is 17.7 Å². The fraction of sp³-hybridized carbons (Fsp3) is 0.286. The van der Waals surface area contributed by atoms with Crippen LogP contribution in [-0.4, -0.2) is 48.5 Å². The summed E-state index contributed by atoms with van der Waals surface area (Å²) in [5, 5.41) is 5.73. The molecular formula is C21H26N4O3S. The van der Waals surface area contributed by atoms with Gasteiger partial charge in [-0.15, -0.1) is 11.8 Å². The molecule has 2 aromatic rings. The van der Waals surface area contributed by atoms with Gasteiger partial charge in [-0.2, -0.15) is 0 Å². The summed E-state index contributed by atoms with van der Waals surface area (Å²) in [5.74, 6) is -0.731. The summed E-state index contributed by atoms with van der Waals surface area (Å²) < 4.78 is 0. The molecule has 0 saturated heterocycles. The van der Waals surface area contributed by atoms with Crippen molar-refractivity contribution in [3.63, 3.8) is 0 Å². The maximum absolute atomic E-state index is 12.4. The molecule has 0 saturated carbocycles. The van der Waals surface area contributed by atoms with Crippen LogP contribution >= 0.6 is 11.8 Å². The molecule has 0 aromatic heterocycles. The molecule has 0 atom stereocenters. The molecule has 2 rings (SSSR count). The third-order valence-corrected chi connectivity index (χ3v) is 5.20. The average Bonchev–Trinajstić information content (AvgIpc) is 2.63. The van der Waals surface area contributed by atoms with Gasteiger partial charge in [0.25, 0.3) is 0 Å². The molecule has 0 aliphatic heterocycles. The van der Waals surface area contributed by atoms with Gasteiger partial charge in [-0.3, -0.25) is 19.3 Å². The Morgan fingerprint density at radius 3 is 2.14 bits per heavy atom. The number of amides is 3. The normalized spacial score (nSPS) is 10.6. The number of likely N-dealkylation sites (N-methyl/N-ethyl adjacent to an activating group) is 1. The highest BCUT2D eigenvalue weighted by Crippen LogP contribution is 2.26. The monoisotopic (exact) mass is 414 g/mol. The molecule has 0 aliphatic rings. The second kappa shape index (κ2) is 10.6. The topological polar surface area (TPSA) is 105 Å². The number of carbonyl (C=O) groups excluding carboxylic acids is 3. The molecule has 8 heteroatoms. The summed E-state index contributed by atoms with van der Waals surface area (Å²) in [7, 11) is 1.71. The molecule has 0 spiro atoms. The number of anilines is 2. The van der Waals surface area contributed by atoms with Crippen LogP contribution in [0.2, 0.25) is 0 Å². The van der Waals surface area contributed by atoms with E-state index in [4.69, 9.17) is 5.73 Å². The number of aryl methyl sites for hydroxylation is 2. The Bertz CT molecular complexity index is 881. The largest absolute Gasteiger partial charge is 0.369 e. The molecule has 0 heterocycles. The van der Waals surface area contributed by atoms with Crippen LogP contribution in [-0.2, 0) is 14.4 Å². The molecule has 0 aliphatic carbocycles. The van der Waals surface area contributed by atoms with Crippen LogP contribution < -0.4 is 16.4 Å². The lowest BCUT2D eigenvalue weighted by Gasteiger charge is -2.18. The van der Waals surface area contributed by atoms with E-state index >= 15 is 0 Å². The zero-order chi connectivity index (χ0) is 21.4. The smallest absolute Gasteiger partial charge is 0.238 e. The first-order valence-electron chi connectivity index (χ1n) is 9.11. The van der Waals surface area contributed by atoms with Crippen molar-refractivity contribution in [1.82, 2.24) is 4.90 Å². The van der Waals surface area contributed by atoms with E-state index in [9.17, 15) is 14.4 Å². The van der Waals surface area contributed by atoms with Crippen LogP contribution in [0.4, 0.5) is 11.4 Å². The van der Waals surface area contributed by atoms with Crippen molar-refractivity contribution in [3.05, 3.63) is 53.6 Å². The summed E-state index contributed by atoms with van der Waals surface area (Å²) >= 11 is 1.26. The van der Waals surface area contributed by atoms with E-state index in [2.05, 4.69) is 10.6 Å². The highest BCUT2D eigenvalue weighted by molar-refractivity contribution is 8.00. The number of carbonyl (C=O) groups is 3. The van der Waals surface area contributed by atoms with E-state index in [-0.39, 0.29) is 30.7 Å². The third-order valence-electron chi connectivity index (χ3n) is 4.10. The standard InChI is InChI=1S/C21H26N4O3S/c1-14-7-6-8-15(2)21(14)24-20(28)12-25(3)11-19(27)23-16-9-4-5-10-17(16)29-13-18(22)26/h4-10H,11-13H2,1-3H3,(H2,22,26)(H,23,27)(H,24,28). The number of rotatable bonds is 9. The molecule has 0 bridgehead atoms. The number of hydrogen-bond acceptors (Lipinski definition) is 5. The summed E-state index contributed by atoms with van der Waals surface area (Å²) in [6.45, 7) is 4.01. The highest BCUT2D eigenvalue weighted by Gasteiger charge is 2.14. The molecule has 7 nitrogen and oxygen atoms in total. The van der Waals surface area contributed by atoms with E-state index in [0.29, 0.717) is 5.69 Å². The van der Waals surface area contributed by atoms with E-state index in [0.717, 1.165) is 21.7 Å². The number of nitrogens with zero attached hydrogens (tertiary/aromatic N) is 1. The number of para-hydroxylation sites is 2. The zero-order valence-electron chi connectivity index (χ0n) is 16.8. The second-order valence-corrected chi connectivity index (χ2v) is 7.80. The first kappa shape index (κ1) is 22.4. The molecule has 0 fully saturated rings. The number of primary amides is 1. The molecule has 4 N–H and O–H groups in total. The minimum atomic E-state index is -0.425. The molecule has 154 valence electrons. The minimum Gasteiger partial charge on any atom is -0.369 e. The van der Waals surface area contributed by atoms with Gasteiger partial charge in [-0.1, -0.05) is 30.3 Å². The maximum Gasteiger partial charge on any atom is 0.238 e. The van der Waals surface area contributed by atoms with Gasteiger partial charge in [0, 0.05) is 10.6 Å². The first-order chi connectivity index (χ1) is 13.8. The van der Waals surface area contributed by atoms with Crippen molar-refractivity contribution in [3.8, 4) is 0 Å². The maximum atomic E-state index is 12.4. The van der Waals surface area contributed by atoms with Crippen LogP contribution in [0.5, 0.6) is 0 Å². The Hall–Kier alpha value is -2.84. The Labute approximate surface area is 175 Å². The van der Waals surface area contributed by atoms with Gasteiger partial charge in [-0.05, 0) is 44.2 Å². The van der Waals surface area contributed by atoms with Gasteiger partial charge >= 0.3 is 0 Å². The lowest BCUT2D eigenvalue weighted by Crippen LogP contribution is -2.36. The number of hydrogen-bond donors (Lipinski definition) is 3. The summed E-state index contributed by atoms with van der Waals surface area (Å²) in [6, 6.07) is 13.0. The lowest BCUT2D eigenvalue weighted by molar-refractivity contribution is -0.119. The van der Waals surface area contributed by atoms with Crippen LogP contribution in [0.3, 0.4) is 0 Å². The Morgan fingerprint density at radius 2 is 1.52 bits per heavy atom. The summed E-state index contributed by atoms with van der Waals surface area (Å²) in [4.78, 5) is 38.1. The van der Waals surface area contributed by atoms with E-state index < -0.39 is 5.91 Å². The van der Waals surface area contributed by atoms with Crippen molar-refractivity contribution in [2.75, 3.05) is 36.5 Å². The predicted octanol–water partition coefficient (Wildman–Crippen LogP) is 2.39.